The molecule has 23 heavy (non-hydrogen) atoms. The first-order valence-corrected chi connectivity index (χ1v) is 5.76. The number of benzene rings is 1. The van der Waals surface area contributed by atoms with E-state index in [0.29, 0.717) is 24.3 Å². The number of phenolic OH excluding ortho intramolecular Hbond substituents is 1. The van der Waals surface area contributed by atoms with E-state index in [1.807, 2.05) is 0 Å². The molecule has 1 aromatic carbocycles. The SMILES string of the molecule is O.Oc1ccc(C2C(F)(F)C(F)(F)C(O)C(F)(F)C2(F)F)cc1. The summed E-state index contributed by atoms with van der Waals surface area (Å²) in [6.07, 6.45) is -4.54. The molecule has 2 rings (SSSR count). The van der Waals surface area contributed by atoms with Gasteiger partial charge in [0.2, 0.25) is 0 Å². The second-order valence-electron chi connectivity index (χ2n) is 4.92. The fraction of sp³-hybridized carbons (Fsp3) is 0.500. The molecule has 0 saturated heterocycles. The fourth-order valence-corrected chi connectivity index (χ4v) is 2.29. The molecule has 0 radical (unpaired) electrons. The van der Waals surface area contributed by atoms with Crippen molar-refractivity contribution in [2.24, 2.45) is 0 Å². The van der Waals surface area contributed by atoms with E-state index < -0.39 is 47.0 Å². The van der Waals surface area contributed by atoms with Gasteiger partial charge in [0.1, 0.15) is 11.7 Å². The lowest BCUT2D eigenvalue weighted by molar-refractivity contribution is -0.399. The van der Waals surface area contributed by atoms with Crippen LogP contribution in [0.25, 0.3) is 0 Å². The summed E-state index contributed by atoms with van der Waals surface area (Å²) < 4.78 is 108. The zero-order valence-electron chi connectivity index (χ0n) is 10.9. The van der Waals surface area contributed by atoms with E-state index in [1.54, 1.807) is 0 Å². The van der Waals surface area contributed by atoms with Crippen molar-refractivity contribution in [1.29, 1.82) is 0 Å². The van der Waals surface area contributed by atoms with Crippen molar-refractivity contribution in [2.45, 2.75) is 35.7 Å². The Hall–Kier alpha value is -1.62. The second-order valence-corrected chi connectivity index (χ2v) is 4.92. The van der Waals surface area contributed by atoms with Crippen LogP contribution in [0, 0.1) is 0 Å². The minimum Gasteiger partial charge on any atom is -0.508 e. The Bertz CT molecular complexity index is 544. The lowest BCUT2D eigenvalue weighted by Crippen LogP contribution is -2.73. The molecule has 132 valence electrons. The van der Waals surface area contributed by atoms with E-state index in [2.05, 4.69) is 0 Å². The first kappa shape index (κ1) is 19.4. The Morgan fingerprint density at radius 3 is 1.39 bits per heavy atom. The third kappa shape index (κ3) is 2.33. The average molecular weight is 354 g/mol. The van der Waals surface area contributed by atoms with Gasteiger partial charge < -0.3 is 15.7 Å². The Kier molecular flexibility index (Phi) is 4.39. The Labute approximate surface area is 123 Å². The number of rotatable bonds is 1. The van der Waals surface area contributed by atoms with Gasteiger partial charge in [-0.25, -0.2) is 0 Å². The van der Waals surface area contributed by atoms with Crippen molar-refractivity contribution in [3.05, 3.63) is 29.8 Å². The summed E-state index contributed by atoms with van der Waals surface area (Å²) in [5, 5.41) is 17.6. The number of aromatic hydroxyl groups is 1. The van der Waals surface area contributed by atoms with Crippen LogP contribution >= 0.6 is 0 Å². The van der Waals surface area contributed by atoms with E-state index in [1.165, 1.54) is 0 Å². The molecule has 0 spiro atoms. The highest BCUT2D eigenvalue weighted by atomic mass is 19.3. The standard InChI is InChI=1S/C12H8F8O2.H2O/c13-9(14)7(5-1-3-6(21)4-2-5)10(15,16)12(19,20)8(22)11(9,17)18;/h1-4,7-8,21-22H;1H2. The zero-order valence-corrected chi connectivity index (χ0v) is 10.9. The first-order valence-electron chi connectivity index (χ1n) is 5.76. The van der Waals surface area contributed by atoms with Crippen LogP contribution in [0.15, 0.2) is 24.3 Å². The minimum atomic E-state index is -5.78. The first-order chi connectivity index (χ1) is 9.78. The summed E-state index contributed by atoms with van der Waals surface area (Å²) in [6, 6.07) is 2.04. The molecule has 0 aliphatic heterocycles. The maximum Gasteiger partial charge on any atom is 0.342 e. The lowest BCUT2D eigenvalue weighted by Gasteiger charge is -2.48. The van der Waals surface area contributed by atoms with Crippen molar-refractivity contribution >= 4 is 0 Å². The van der Waals surface area contributed by atoms with E-state index >= 15 is 0 Å². The third-order valence-electron chi connectivity index (χ3n) is 3.53. The van der Waals surface area contributed by atoms with Crippen molar-refractivity contribution < 1.29 is 50.8 Å². The summed E-state index contributed by atoms with van der Waals surface area (Å²) >= 11 is 0. The van der Waals surface area contributed by atoms with Gasteiger partial charge in [-0.1, -0.05) is 12.1 Å². The highest BCUT2D eigenvalue weighted by Gasteiger charge is 2.86. The summed E-state index contributed by atoms with van der Waals surface area (Å²) in [5.74, 6) is -27.3. The molecule has 0 unspecified atom stereocenters. The molecule has 1 aromatic rings. The molecule has 1 saturated carbocycles. The predicted molar refractivity (Wildman–Crippen MR) is 60.3 cm³/mol. The molecular weight excluding hydrogens is 344 g/mol. The second kappa shape index (κ2) is 5.20. The lowest BCUT2D eigenvalue weighted by atomic mass is 9.72. The van der Waals surface area contributed by atoms with Gasteiger partial charge in [-0.15, -0.1) is 0 Å². The smallest absolute Gasteiger partial charge is 0.342 e. The van der Waals surface area contributed by atoms with Gasteiger partial charge in [0.05, 0.1) is 0 Å². The van der Waals surface area contributed by atoms with Gasteiger partial charge in [-0.3, -0.25) is 0 Å². The van der Waals surface area contributed by atoms with Crippen LogP contribution in [0.4, 0.5) is 35.1 Å². The van der Waals surface area contributed by atoms with Crippen LogP contribution in [0.1, 0.15) is 11.5 Å². The van der Waals surface area contributed by atoms with Gasteiger partial charge in [-0.05, 0) is 17.7 Å². The maximum atomic E-state index is 13.7. The Balaban J connectivity index is 0.00000264. The summed E-state index contributed by atoms with van der Waals surface area (Å²) in [7, 11) is 0. The monoisotopic (exact) mass is 354 g/mol. The maximum absolute atomic E-state index is 13.7. The topological polar surface area (TPSA) is 72.0 Å². The van der Waals surface area contributed by atoms with Gasteiger partial charge in [0.25, 0.3) is 0 Å². The number of halogens is 8. The Morgan fingerprint density at radius 1 is 0.696 bits per heavy atom. The Morgan fingerprint density at radius 2 is 1.04 bits per heavy atom. The van der Waals surface area contributed by atoms with Crippen LogP contribution in [0.2, 0.25) is 0 Å². The fourth-order valence-electron chi connectivity index (χ4n) is 2.29. The normalized spacial score (nSPS) is 30.3. The van der Waals surface area contributed by atoms with Gasteiger partial charge in [0.15, 0.2) is 6.10 Å². The predicted octanol–water partition coefficient (Wildman–Crippen LogP) is 2.57. The number of aliphatic hydroxyl groups excluding tert-OH is 1. The summed E-state index contributed by atoms with van der Waals surface area (Å²) in [5.41, 5.74) is -1.22. The van der Waals surface area contributed by atoms with Crippen molar-refractivity contribution in [3.63, 3.8) is 0 Å². The van der Waals surface area contributed by atoms with Crippen LogP contribution in [0.3, 0.4) is 0 Å². The molecule has 1 aliphatic carbocycles. The number of hydrogen-bond acceptors (Lipinski definition) is 2. The molecule has 4 N–H and O–H groups in total. The molecular formula is C12H10F8O3. The van der Waals surface area contributed by atoms with Gasteiger partial charge >= 0.3 is 23.7 Å². The van der Waals surface area contributed by atoms with Gasteiger partial charge in [0, 0.05) is 0 Å². The molecule has 0 amide bonds. The number of alkyl halides is 8. The van der Waals surface area contributed by atoms with Crippen LogP contribution in [0.5, 0.6) is 5.75 Å². The van der Waals surface area contributed by atoms with Crippen LogP contribution in [-0.4, -0.2) is 45.5 Å². The molecule has 0 aromatic heterocycles. The number of phenols is 1. The molecule has 3 nitrogen and oxygen atoms in total. The molecule has 0 heterocycles. The van der Waals surface area contributed by atoms with Crippen molar-refractivity contribution in [2.75, 3.05) is 0 Å². The summed E-state index contributed by atoms with van der Waals surface area (Å²) in [4.78, 5) is 0. The van der Waals surface area contributed by atoms with Crippen LogP contribution in [-0.2, 0) is 0 Å². The third-order valence-corrected chi connectivity index (χ3v) is 3.53. The number of hydrogen-bond donors (Lipinski definition) is 2. The van der Waals surface area contributed by atoms with Crippen molar-refractivity contribution in [3.8, 4) is 5.75 Å². The minimum absolute atomic E-state index is 0. The molecule has 0 atom stereocenters. The zero-order chi connectivity index (χ0) is 17.1. The van der Waals surface area contributed by atoms with E-state index in [9.17, 15) is 35.1 Å². The largest absolute Gasteiger partial charge is 0.508 e. The number of aliphatic hydroxyl groups is 1. The highest BCUT2D eigenvalue weighted by molar-refractivity contribution is 5.35. The summed E-state index contributed by atoms with van der Waals surface area (Å²) in [6.45, 7) is 0. The molecule has 1 fully saturated rings. The van der Waals surface area contributed by atoms with E-state index in [4.69, 9.17) is 10.2 Å². The van der Waals surface area contributed by atoms with Gasteiger partial charge in [-0.2, -0.15) is 35.1 Å². The van der Waals surface area contributed by atoms with Crippen LogP contribution < -0.4 is 0 Å². The van der Waals surface area contributed by atoms with E-state index in [-0.39, 0.29) is 5.48 Å². The van der Waals surface area contributed by atoms with Crippen molar-refractivity contribution in [1.82, 2.24) is 0 Å². The molecule has 11 heteroatoms. The molecule has 0 bridgehead atoms. The quantitative estimate of drug-likeness (QED) is 0.761. The molecule has 1 aliphatic rings. The van der Waals surface area contributed by atoms with E-state index in [0.717, 1.165) is 0 Å². The highest BCUT2D eigenvalue weighted by Crippen LogP contribution is 2.63. The average Bonchev–Trinajstić information content (AvgIpc) is 2.38.